The Hall–Kier alpha value is -2.60. The Morgan fingerprint density at radius 2 is 1.96 bits per heavy atom. The lowest BCUT2D eigenvalue weighted by molar-refractivity contribution is -0.120. The summed E-state index contributed by atoms with van der Waals surface area (Å²) in [7, 11) is 0. The highest BCUT2D eigenvalue weighted by atomic mass is 32.1. The molecule has 0 radical (unpaired) electrons. The molecule has 3 rings (SSSR count). The van der Waals surface area contributed by atoms with Gasteiger partial charge in [-0.15, -0.1) is 0 Å². The van der Waals surface area contributed by atoms with Crippen LogP contribution < -0.4 is 21.1 Å². The van der Waals surface area contributed by atoms with Gasteiger partial charge in [-0.25, -0.2) is 0 Å². The number of anilines is 2. The maximum Gasteiger partial charge on any atom is 0.257 e. The number of hydrogen-bond acceptors (Lipinski definition) is 3. The second kappa shape index (κ2) is 8.19. The monoisotopic (exact) mass is 368 g/mol. The number of benzene rings is 2. The highest BCUT2D eigenvalue weighted by molar-refractivity contribution is 7.80. The van der Waals surface area contributed by atoms with E-state index in [0.29, 0.717) is 11.7 Å². The minimum absolute atomic E-state index is 0.119. The van der Waals surface area contributed by atoms with Crippen molar-refractivity contribution < 1.29 is 4.79 Å². The smallest absolute Gasteiger partial charge is 0.257 e. The molecule has 2 aromatic carbocycles. The lowest BCUT2D eigenvalue weighted by Gasteiger charge is -2.30. The molecule has 0 unspecified atom stereocenters. The summed E-state index contributed by atoms with van der Waals surface area (Å²) in [4.78, 5) is 14.4. The number of hydrazine groups is 1. The lowest BCUT2D eigenvalue weighted by atomic mass is 10.0. The van der Waals surface area contributed by atoms with Crippen molar-refractivity contribution in [3.63, 3.8) is 0 Å². The third-order valence-electron chi connectivity index (χ3n) is 4.50. The summed E-state index contributed by atoms with van der Waals surface area (Å²) in [6.45, 7) is 5.22. The first kappa shape index (κ1) is 18.2. The largest absolute Gasteiger partial charge is 0.362 e. The maximum absolute atomic E-state index is 12.3. The Morgan fingerprint density at radius 3 is 2.81 bits per heavy atom. The number of rotatable bonds is 3. The van der Waals surface area contributed by atoms with Gasteiger partial charge in [0.1, 0.15) is 0 Å². The first-order valence-electron chi connectivity index (χ1n) is 8.79. The van der Waals surface area contributed by atoms with E-state index >= 15 is 0 Å². The molecule has 2 aromatic rings. The highest BCUT2D eigenvalue weighted by Gasteiger charge is 2.18. The minimum atomic E-state index is -0.119. The molecule has 0 aliphatic carbocycles. The molecule has 5 nitrogen and oxygen atoms in total. The number of hydrogen-bond donors (Lipinski definition) is 3. The van der Waals surface area contributed by atoms with Crippen LogP contribution in [0.1, 0.15) is 23.1 Å². The molecule has 6 heteroatoms. The molecule has 0 fully saturated rings. The van der Waals surface area contributed by atoms with E-state index in [1.165, 1.54) is 5.56 Å². The zero-order valence-electron chi connectivity index (χ0n) is 15.1. The highest BCUT2D eigenvalue weighted by Crippen LogP contribution is 2.26. The molecule has 1 heterocycles. The van der Waals surface area contributed by atoms with E-state index in [1.54, 1.807) is 0 Å². The van der Waals surface area contributed by atoms with Gasteiger partial charge >= 0.3 is 0 Å². The number of carbonyl (C=O) groups excluding carboxylic acids is 1. The summed E-state index contributed by atoms with van der Waals surface area (Å²) >= 11 is 5.27. The number of amides is 1. The first-order valence-corrected chi connectivity index (χ1v) is 9.20. The molecule has 0 bridgehead atoms. The average Bonchev–Trinajstić information content (AvgIpc) is 2.63. The van der Waals surface area contributed by atoms with Gasteiger partial charge in [0.2, 0.25) is 0 Å². The Bertz CT molecular complexity index is 821. The van der Waals surface area contributed by atoms with E-state index in [0.717, 1.165) is 41.9 Å². The van der Waals surface area contributed by atoms with Crippen LogP contribution in [-0.2, 0) is 11.2 Å². The molecule has 0 saturated heterocycles. The summed E-state index contributed by atoms with van der Waals surface area (Å²) in [6, 6.07) is 14.4. The summed E-state index contributed by atoms with van der Waals surface area (Å²) in [5, 5.41) is 3.48. The topological polar surface area (TPSA) is 56.4 Å². The van der Waals surface area contributed by atoms with Crippen LogP contribution in [-0.4, -0.2) is 24.1 Å². The fraction of sp³-hybridized carbons (Fsp3) is 0.300. The summed E-state index contributed by atoms with van der Waals surface area (Å²) in [5.74, 6) is -0.119. The fourth-order valence-corrected chi connectivity index (χ4v) is 3.30. The summed E-state index contributed by atoms with van der Waals surface area (Å²) in [6.07, 6.45) is 2.13. The van der Waals surface area contributed by atoms with Gasteiger partial charge < -0.3 is 10.2 Å². The normalized spacial score (nSPS) is 12.9. The van der Waals surface area contributed by atoms with Crippen molar-refractivity contribution >= 4 is 34.6 Å². The molecule has 1 aliphatic rings. The molecule has 0 spiro atoms. The molecule has 136 valence electrons. The van der Waals surface area contributed by atoms with E-state index in [9.17, 15) is 4.79 Å². The number of fused-ring (bicyclic) bond motifs is 1. The quantitative estimate of drug-likeness (QED) is 0.574. The molecule has 1 amide bonds. The molecule has 26 heavy (non-hydrogen) atoms. The minimum Gasteiger partial charge on any atom is -0.362 e. The molecule has 0 aromatic heterocycles. The lowest BCUT2D eigenvalue weighted by Crippen LogP contribution is -2.48. The third-order valence-corrected chi connectivity index (χ3v) is 4.70. The fourth-order valence-electron chi connectivity index (χ4n) is 3.14. The van der Waals surface area contributed by atoms with Gasteiger partial charge in [-0.1, -0.05) is 30.3 Å². The van der Waals surface area contributed by atoms with Crippen LogP contribution in [0, 0.1) is 13.8 Å². The van der Waals surface area contributed by atoms with Gasteiger partial charge in [-0.3, -0.25) is 15.6 Å². The van der Waals surface area contributed by atoms with Gasteiger partial charge in [0, 0.05) is 17.9 Å². The zero-order valence-corrected chi connectivity index (χ0v) is 16.0. The second-order valence-corrected chi connectivity index (χ2v) is 7.01. The zero-order chi connectivity index (χ0) is 18.5. The van der Waals surface area contributed by atoms with Gasteiger partial charge in [-0.05, 0) is 67.7 Å². The third kappa shape index (κ3) is 4.52. The van der Waals surface area contributed by atoms with Crippen molar-refractivity contribution in [3.8, 4) is 0 Å². The Balaban J connectivity index is 1.52. The Labute approximate surface area is 159 Å². The van der Waals surface area contributed by atoms with E-state index in [4.69, 9.17) is 12.2 Å². The molecule has 0 atom stereocenters. The van der Waals surface area contributed by atoms with Crippen LogP contribution in [0.5, 0.6) is 0 Å². The van der Waals surface area contributed by atoms with E-state index in [-0.39, 0.29) is 5.91 Å². The number of thiocarbonyl (C=S) groups is 1. The Kier molecular flexibility index (Phi) is 5.73. The van der Waals surface area contributed by atoms with Crippen molar-refractivity contribution in [3.05, 3.63) is 59.2 Å². The van der Waals surface area contributed by atoms with Crippen LogP contribution in [0.2, 0.25) is 0 Å². The number of nitrogens with one attached hydrogen (secondary N) is 3. The number of carbonyl (C=O) groups is 1. The van der Waals surface area contributed by atoms with Gasteiger partial charge in [-0.2, -0.15) is 0 Å². The van der Waals surface area contributed by atoms with Crippen molar-refractivity contribution in [2.45, 2.75) is 26.7 Å². The molecular weight excluding hydrogens is 344 g/mol. The predicted molar refractivity (Wildman–Crippen MR) is 110 cm³/mol. The van der Waals surface area contributed by atoms with Crippen molar-refractivity contribution in [1.82, 2.24) is 10.9 Å². The molecule has 3 N–H and O–H groups in total. The van der Waals surface area contributed by atoms with Gasteiger partial charge in [0.15, 0.2) is 5.11 Å². The van der Waals surface area contributed by atoms with E-state index in [1.807, 2.05) is 38.1 Å². The predicted octanol–water partition coefficient (Wildman–Crippen LogP) is 3.07. The van der Waals surface area contributed by atoms with Crippen LogP contribution in [0.25, 0.3) is 0 Å². The average molecular weight is 369 g/mol. The molecular formula is C20H24N4OS. The van der Waals surface area contributed by atoms with Crippen LogP contribution in [0.3, 0.4) is 0 Å². The van der Waals surface area contributed by atoms with Crippen LogP contribution in [0.4, 0.5) is 11.4 Å². The van der Waals surface area contributed by atoms with Crippen LogP contribution >= 0.6 is 12.2 Å². The molecule has 0 saturated carbocycles. The Morgan fingerprint density at radius 1 is 1.15 bits per heavy atom. The van der Waals surface area contributed by atoms with E-state index < -0.39 is 0 Å². The number of nitrogens with zero attached hydrogens (tertiary/aromatic N) is 1. The number of aryl methyl sites for hydroxylation is 3. The van der Waals surface area contributed by atoms with Crippen molar-refractivity contribution in [2.24, 2.45) is 0 Å². The second-order valence-electron chi connectivity index (χ2n) is 6.60. The van der Waals surface area contributed by atoms with Crippen molar-refractivity contribution in [1.29, 1.82) is 0 Å². The SMILES string of the molecule is Cc1ccc(C)c(NC(=S)NNC(=O)CN2CCCc3ccccc32)c1. The molecule has 1 aliphatic heterocycles. The first-order chi connectivity index (χ1) is 12.5. The standard InChI is InChI=1S/C20H24N4OS/c1-14-9-10-15(2)17(12-14)21-20(26)23-22-19(25)13-24-11-5-7-16-6-3-4-8-18(16)24/h3-4,6,8-10,12H,5,7,11,13H2,1-2H3,(H,22,25)(H2,21,23,26). The number of para-hydroxylation sites is 1. The van der Waals surface area contributed by atoms with Crippen LogP contribution in [0.15, 0.2) is 42.5 Å². The summed E-state index contributed by atoms with van der Waals surface area (Å²) in [5.41, 5.74) is 11.1. The van der Waals surface area contributed by atoms with E-state index in [2.05, 4.69) is 39.3 Å². The van der Waals surface area contributed by atoms with Gasteiger partial charge in [0.25, 0.3) is 5.91 Å². The van der Waals surface area contributed by atoms with Gasteiger partial charge in [0.05, 0.1) is 6.54 Å². The van der Waals surface area contributed by atoms with Crippen molar-refractivity contribution in [2.75, 3.05) is 23.3 Å². The summed E-state index contributed by atoms with van der Waals surface area (Å²) < 4.78 is 0. The maximum atomic E-state index is 12.3.